The van der Waals surface area contributed by atoms with Gasteiger partial charge in [0.25, 0.3) is 0 Å². The van der Waals surface area contributed by atoms with Crippen molar-refractivity contribution in [1.82, 2.24) is 15.6 Å². The van der Waals surface area contributed by atoms with Crippen molar-refractivity contribution < 1.29 is 18.6 Å². The Morgan fingerprint density at radius 1 is 1.17 bits per heavy atom. The van der Waals surface area contributed by atoms with Gasteiger partial charge in [0.2, 0.25) is 0 Å². The number of guanidine groups is 1. The van der Waals surface area contributed by atoms with Crippen LogP contribution in [0.15, 0.2) is 47.7 Å². The van der Waals surface area contributed by atoms with Crippen molar-refractivity contribution in [1.29, 1.82) is 0 Å². The third-order valence-corrected chi connectivity index (χ3v) is 3.81. The number of hydrogen-bond acceptors (Lipinski definition) is 5. The summed E-state index contributed by atoms with van der Waals surface area (Å²) in [6.45, 7) is 5.66. The molecule has 0 spiro atoms. The lowest BCUT2D eigenvalue weighted by molar-refractivity contribution is 0.0698. The van der Waals surface area contributed by atoms with Crippen molar-refractivity contribution in [3.63, 3.8) is 0 Å². The van der Waals surface area contributed by atoms with E-state index in [0.717, 1.165) is 25.1 Å². The van der Waals surface area contributed by atoms with Gasteiger partial charge in [-0.25, -0.2) is 9.38 Å². The predicted molar refractivity (Wildman–Crippen MR) is 111 cm³/mol. The smallest absolute Gasteiger partial charge is 0.191 e. The second-order valence-electron chi connectivity index (χ2n) is 6.14. The van der Waals surface area contributed by atoms with Crippen LogP contribution in [-0.4, -0.2) is 51.0 Å². The number of benzene rings is 1. The number of nitrogens with one attached hydrogen (secondary N) is 2. The Hall–Kier alpha value is -2.71. The first-order valence-corrected chi connectivity index (χ1v) is 9.68. The van der Waals surface area contributed by atoms with E-state index in [9.17, 15) is 4.39 Å². The fourth-order valence-corrected chi connectivity index (χ4v) is 2.40. The van der Waals surface area contributed by atoms with E-state index < -0.39 is 5.82 Å². The van der Waals surface area contributed by atoms with E-state index >= 15 is 0 Å². The molecule has 1 aromatic heterocycles. The standard InChI is InChI=1S/C21H29FN4O3/c1-3-24-21(25-10-5-11-28-13-12-27-2)26-15-17-7-8-20(19(22)14-17)29-18-6-4-9-23-16-18/h4,6-9,14,16H,3,5,10-13,15H2,1-2H3,(H2,24,25,26). The summed E-state index contributed by atoms with van der Waals surface area (Å²) in [6.07, 6.45) is 4.02. The summed E-state index contributed by atoms with van der Waals surface area (Å²) in [5.41, 5.74) is 0.751. The van der Waals surface area contributed by atoms with Gasteiger partial charge in [0.05, 0.1) is 26.0 Å². The van der Waals surface area contributed by atoms with Crippen LogP contribution >= 0.6 is 0 Å². The van der Waals surface area contributed by atoms with Crippen LogP contribution in [0.5, 0.6) is 11.5 Å². The largest absolute Gasteiger partial charge is 0.453 e. The lowest BCUT2D eigenvalue weighted by atomic mass is 10.2. The first-order valence-electron chi connectivity index (χ1n) is 9.68. The van der Waals surface area contributed by atoms with Crippen molar-refractivity contribution in [2.75, 3.05) is 40.0 Å². The second kappa shape index (κ2) is 13.5. The van der Waals surface area contributed by atoms with E-state index in [1.54, 1.807) is 37.6 Å². The lowest BCUT2D eigenvalue weighted by Gasteiger charge is -2.12. The third-order valence-electron chi connectivity index (χ3n) is 3.81. The van der Waals surface area contributed by atoms with Crippen LogP contribution in [0.1, 0.15) is 18.9 Å². The molecule has 1 aromatic carbocycles. The molecule has 0 aliphatic carbocycles. The van der Waals surface area contributed by atoms with Gasteiger partial charge < -0.3 is 24.8 Å². The maximum Gasteiger partial charge on any atom is 0.191 e. The highest BCUT2D eigenvalue weighted by Crippen LogP contribution is 2.24. The quantitative estimate of drug-likeness (QED) is 0.322. The Balaban J connectivity index is 1.83. The van der Waals surface area contributed by atoms with E-state index in [2.05, 4.69) is 20.6 Å². The number of methoxy groups -OCH3 is 1. The molecule has 0 saturated heterocycles. The lowest BCUT2D eigenvalue weighted by Crippen LogP contribution is -2.38. The second-order valence-corrected chi connectivity index (χ2v) is 6.14. The molecular weight excluding hydrogens is 375 g/mol. The van der Waals surface area contributed by atoms with E-state index in [0.29, 0.717) is 38.1 Å². The zero-order valence-corrected chi connectivity index (χ0v) is 17.0. The molecule has 8 heteroatoms. The molecule has 0 amide bonds. The number of aromatic nitrogens is 1. The topological polar surface area (TPSA) is 77.0 Å². The molecule has 0 saturated carbocycles. The molecule has 1 heterocycles. The Morgan fingerprint density at radius 2 is 2.07 bits per heavy atom. The Bertz CT molecular complexity index is 744. The maximum absolute atomic E-state index is 14.3. The molecule has 0 fully saturated rings. The summed E-state index contributed by atoms with van der Waals surface area (Å²) >= 11 is 0. The molecule has 2 N–H and O–H groups in total. The molecule has 0 radical (unpaired) electrons. The normalized spacial score (nSPS) is 11.3. The molecule has 7 nitrogen and oxygen atoms in total. The summed E-state index contributed by atoms with van der Waals surface area (Å²) in [5, 5.41) is 6.42. The molecule has 2 aromatic rings. The van der Waals surface area contributed by atoms with Gasteiger partial charge in [-0.1, -0.05) is 6.07 Å². The number of halogens is 1. The summed E-state index contributed by atoms with van der Waals surface area (Å²) in [7, 11) is 1.65. The van der Waals surface area contributed by atoms with Crippen molar-refractivity contribution in [2.45, 2.75) is 19.9 Å². The van der Waals surface area contributed by atoms with Gasteiger partial charge >= 0.3 is 0 Å². The van der Waals surface area contributed by atoms with E-state index in [4.69, 9.17) is 14.2 Å². The maximum atomic E-state index is 14.3. The van der Waals surface area contributed by atoms with Crippen LogP contribution in [0.4, 0.5) is 4.39 Å². The summed E-state index contributed by atoms with van der Waals surface area (Å²) < 4.78 is 30.2. The van der Waals surface area contributed by atoms with Crippen LogP contribution < -0.4 is 15.4 Å². The zero-order chi connectivity index (χ0) is 20.7. The van der Waals surface area contributed by atoms with E-state index in [-0.39, 0.29) is 5.75 Å². The number of ether oxygens (including phenoxy) is 3. The van der Waals surface area contributed by atoms with Gasteiger partial charge in [-0.2, -0.15) is 0 Å². The molecule has 0 atom stereocenters. The fraction of sp³-hybridized carbons (Fsp3) is 0.429. The predicted octanol–water partition coefficient (Wildman–Crippen LogP) is 3.12. The zero-order valence-electron chi connectivity index (χ0n) is 17.0. The van der Waals surface area contributed by atoms with Gasteiger partial charge in [-0.15, -0.1) is 0 Å². The third kappa shape index (κ3) is 8.89. The minimum atomic E-state index is -0.437. The highest BCUT2D eigenvalue weighted by atomic mass is 19.1. The molecule has 158 valence electrons. The van der Waals surface area contributed by atoms with Crippen LogP contribution in [0.3, 0.4) is 0 Å². The Morgan fingerprint density at radius 3 is 2.79 bits per heavy atom. The molecule has 29 heavy (non-hydrogen) atoms. The Labute approximate surface area is 171 Å². The van der Waals surface area contributed by atoms with Gasteiger partial charge in [-0.05, 0) is 43.2 Å². The van der Waals surface area contributed by atoms with Gasteiger partial charge in [-0.3, -0.25) is 4.98 Å². The van der Waals surface area contributed by atoms with Crippen LogP contribution in [0.25, 0.3) is 0 Å². The summed E-state index contributed by atoms with van der Waals surface area (Å²) in [4.78, 5) is 8.45. The van der Waals surface area contributed by atoms with Crippen molar-refractivity contribution in [3.05, 3.63) is 54.1 Å². The molecule has 0 aliphatic heterocycles. The van der Waals surface area contributed by atoms with Gasteiger partial charge in [0, 0.05) is 33.0 Å². The Kier molecular flexibility index (Phi) is 10.5. The molecular formula is C21H29FN4O3. The first-order chi connectivity index (χ1) is 14.2. The summed E-state index contributed by atoms with van der Waals surface area (Å²) in [5.74, 6) is 0.888. The average molecular weight is 404 g/mol. The van der Waals surface area contributed by atoms with Gasteiger partial charge in [0.1, 0.15) is 5.75 Å². The minimum Gasteiger partial charge on any atom is -0.453 e. The summed E-state index contributed by atoms with van der Waals surface area (Å²) in [6, 6.07) is 8.29. The first kappa shape index (κ1) is 22.6. The number of pyridine rings is 1. The van der Waals surface area contributed by atoms with E-state index in [1.165, 1.54) is 12.3 Å². The van der Waals surface area contributed by atoms with E-state index in [1.807, 2.05) is 6.92 Å². The number of aliphatic imine (C=N–C) groups is 1. The monoisotopic (exact) mass is 404 g/mol. The van der Waals surface area contributed by atoms with Crippen LogP contribution in [0.2, 0.25) is 0 Å². The molecule has 0 aliphatic rings. The SMILES string of the molecule is CCNC(=NCc1ccc(Oc2cccnc2)c(F)c1)NCCCOCCOC. The van der Waals surface area contributed by atoms with Crippen LogP contribution in [0, 0.1) is 5.82 Å². The minimum absolute atomic E-state index is 0.157. The van der Waals surface area contributed by atoms with Gasteiger partial charge in [0.15, 0.2) is 17.5 Å². The molecule has 0 unspecified atom stereocenters. The number of hydrogen-bond donors (Lipinski definition) is 2. The van der Waals surface area contributed by atoms with Crippen molar-refractivity contribution in [3.8, 4) is 11.5 Å². The highest BCUT2D eigenvalue weighted by molar-refractivity contribution is 5.79. The average Bonchev–Trinajstić information content (AvgIpc) is 2.74. The highest BCUT2D eigenvalue weighted by Gasteiger charge is 2.07. The molecule has 2 rings (SSSR count). The van der Waals surface area contributed by atoms with Crippen LogP contribution in [-0.2, 0) is 16.0 Å². The fourth-order valence-electron chi connectivity index (χ4n) is 2.40. The number of rotatable bonds is 12. The number of nitrogens with zero attached hydrogens (tertiary/aromatic N) is 2. The molecule has 0 bridgehead atoms. The van der Waals surface area contributed by atoms with Crippen molar-refractivity contribution >= 4 is 5.96 Å². The van der Waals surface area contributed by atoms with Crippen molar-refractivity contribution in [2.24, 2.45) is 4.99 Å².